The number of hydrogen-bond donors (Lipinski definition) is 2. The monoisotopic (exact) mass is 265 g/mol. The van der Waals surface area contributed by atoms with Gasteiger partial charge in [0.25, 0.3) is 0 Å². The third kappa shape index (κ3) is 3.09. The maximum atomic E-state index is 10.5. The first-order valence-corrected chi connectivity index (χ1v) is 7.62. The maximum absolute atomic E-state index is 10.5. The highest BCUT2D eigenvalue weighted by Crippen LogP contribution is 2.08. The van der Waals surface area contributed by atoms with Crippen molar-refractivity contribution in [1.82, 2.24) is 4.98 Å². The Labute approximate surface area is 96.0 Å². The highest BCUT2D eigenvalue weighted by Gasteiger charge is 2.10. The first-order valence-electron chi connectivity index (χ1n) is 3.56. The summed E-state index contributed by atoms with van der Waals surface area (Å²) in [6.07, 6.45) is 0. The number of rotatable bonds is 3. The molecule has 7 heteroatoms. The molecule has 0 saturated carbocycles. The molecule has 1 aromatic rings. The Hall–Kier alpha value is -0.370. The van der Waals surface area contributed by atoms with Crippen LogP contribution in [0.15, 0.2) is 23.2 Å². The van der Waals surface area contributed by atoms with E-state index in [-0.39, 0.29) is 5.75 Å². The second-order valence-corrected chi connectivity index (χ2v) is 8.98. The predicted molar refractivity (Wildman–Crippen MR) is 64.5 cm³/mol. The van der Waals surface area contributed by atoms with Crippen molar-refractivity contribution in [3.63, 3.8) is 0 Å². The molecule has 0 unspecified atom stereocenters. The molecule has 0 spiro atoms. The molecule has 1 aromatic heterocycles. The highest BCUT2D eigenvalue weighted by molar-refractivity contribution is 8.56. The molecule has 0 atom stereocenters. The Morgan fingerprint density at radius 2 is 2.14 bits per heavy atom. The van der Waals surface area contributed by atoms with E-state index >= 15 is 0 Å². The van der Waals surface area contributed by atoms with Gasteiger partial charge >= 0.3 is 5.97 Å². The van der Waals surface area contributed by atoms with Gasteiger partial charge in [-0.3, -0.25) is 4.79 Å². The van der Waals surface area contributed by atoms with E-state index in [9.17, 15) is 4.79 Å². The van der Waals surface area contributed by atoms with Crippen LogP contribution in [0.1, 0.15) is 0 Å². The van der Waals surface area contributed by atoms with E-state index in [1.807, 2.05) is 0 Å². The third-order valence-corrected chi connectivity index (χ3v) is 4.95. The molecule has 0 aliphatic rings. The lowest BCUT2D eigenvalue weighted by Gasteiger charge is -2.06. The van der Waals surface area contributed by atoms with E-state index in [2.05, 4.69) is 4.98 Å². The van der Waals surface area contributed by atoms with Gasteiger partial charge in [-0.1, -0.05) is 18.3 Å². The standard InChI is InChI=1S/C7H7NO2S4/c9-7(10)4-14(12,13)6-3-1-2-5(11)8-6/h1-3H,4H2,(H,8,11)(H,9,10). The number of hydrogen-bond acceptors (Lipinski definition) is 4. The van der Waals surface area contributed by atoms with Gasteiger partial charge in [-0.05, 0) is 41.7 Å². The number of aromatic amines is 1. The largest absolute Gasteiger partial charge is 0.481 e. The average Bonchev–Trinajstić information content (AvgIpc) is 2.01. The summed E-state index contributed by atoms with van der Waals surface area (Å²) in [4.78, 5) is 13.4. The molecule has 0 aliphatic carbocycles. The van der Waals surface area contributed by atoms with Crippen molar-refractivity contribution in [1.29, 1.82) is 0 Å². The minimum Gasteiger partial charge on any atom is -0.481 e. The SMILES string of the molecule is O=C(O)CS(=S)(=S)c1cccc(=S)[nH]1. The molecule has 0 bridgehead atoms. The average molecular weight is 265 g/mol. The summed E-state index contributed by atoms with van der Waals surface area (Å²) in [6, 6.07) is 5.10. The van der Waals surface area contributed by atoms with Crippen molar-refractivity contribution in [2.45, 2.75) is 5.03 Å². The number of aliphatic carboxylic acids is 1. The minimum absolute atomic E-state index is 0.201. The number of carbonyl (C=O) groups is 1. The molecule has 0 saturated heterocycles. The van der Waals surface area contributed by atoms with Crippen molar-refractivity contribution < 1.29 is 9.90 Å². The van der Waals surface area contributed by atoms with Crippen LogP contribution in [-0.2, 0) is 34.3 Å². The van der Waals surface area contributed by atoms with Crippen LogP contribution in [0.3, 0.4) is 0 Å². The summed E-state index contributed by atoms with van der Waals surface area (Å²) < 4.78 is 0.513. The molecule has 3 nitrogen and oxygen atoms in total. The minimum atomic E-state index is -2.14. The summed E-state index contributed by atoms with van der Waals surface area (Å²) in [5.41, 5.74) is 0. The normalized spacial score (nSPS) is 11.1. The molecule has 0 amide bonds. The smallest absolute Gasteiger partial charge is 0.314 e. The van der Waals surface area contributed by atoms with E-state index < -0.39 is 13.1 Å². The summed E-state index contributed by atoms with van der Waals surface area (Å²) >= 11 is 15.1. The zero-order valence-electron chi connectivity index (χ0n) is 6.93. The summed E-state index contributed by atoms with van der Waals surface area (Å²) in [6.45, 7) is 0. The topological polar surface area (TPSA) is 53.1 Å². The zero-order chi connectivity index (χ0) is 10.8. The molecular formula is C7H7NO2S4. The van der Waals surface area contributed by atoms with Crippen molar-refractivity contribution in [3.8, 4) is 0 Å². The Morgan fingerprint density at radius 1 is 1.50 bits per heavy atom. The van der Waals surface area contributed by atoms with Crippen LogP contribution >= 0.6 is 12.2 Å². The van der Waals surface area contributed by atoms with Gasteiger partial charge in [0.05, 0.1) is 5.03 Å². The molecular weight excluding hydrogens is 258 g/mol. The fourth-order valence-corrected chi connectivity index (χ4v) is 3.32. The van der Waals surface area contributed by atoms with Crippen LogP contribution in [0.4, 0.5) is 0 Å². The lowest BCUT2D eigenvalue weighted by Crippen LogP contribution is -2.14. The fraction of sp³-hybridized carbons (Fsp3) is 0.143. The number of H-pyrrole nitrogens is 1. The molecule has 14 heavy (non-hydrogen) atoms. The van der Waals surface area contributed by atoms with Crippen molar-refractivity contribution in [2.75, 3.05) is 5.75 Å². The number of carboxylic acid groups (broad SMARTS) is 1. The molecule has 0 fully saturated rings. The molecule has 1 rings (SSSR count). The van der Waals surface area contributed by atoms with Gasteiger partial charge in [0.2, 0.25) is 0 Å². The quantitative estimate of drug-likeness (QED) is 0.806. The number of pyridine rings is 1. The molecule has 0 radical (unpaired) electrons. The molecule has 2 N–H and O–H groups in total. The van der Waals surface area contributed by atoms with E-state index in [0.29, 0.717) is 9.67 Å². The molecule has 0 aliphatic heterocycles. The van der Waals surface area contributed by atoms with E-state index in [0.717, 1.165) is 0 Å². The van der Waals surface area contributed by atoms with Crippen molar-refractivity contribution in [2.24, 2.45) is 0 Å². The van der Waals surface area contributed by atoms with Crippen LogP contribution in [0, 0.1) is 4.64 Å². The Kier molecular flexibility index (Phi) is 3.71. The fourth-order valence-electron chi connectivity index (χ4n) is 0.849. The van der Waals surface area contributed by atoms with Gasteiger partial charge in [-0.25, -0.2) is 0 Å². The van der Waals surface area contributed by atoms with Crippen molar-refractivity contribution in [3.05, 3.63) is 22.8 Å². The third-order valence-electron chi connectivity index (χ3n) is 1.39. The number of aromatic nitrogens is 1. The van der Waals surface area contributed by atoms with Crippen LogP contribution < -0.4 is 0 Å². The van der Waals surface area contributed by atoms with Crippen LogP contribution in [0.2, 0.25) is 0 Å². The lowest BCUT2D eigenvalue weighted by molar-refractivity contribution is -0.133. The van der Waals surface area contributed by atoms with Gasteiger partial charge in [0, 0.05) is 0 Å². The Bertz CT molecular complexity index is 502. The van der Waals surface area contributed by atoms with E-state index in [1.165, 1.54) is 0 Å². The summed E-state index contributed by atoms with van der Waals surface area (Å²) in [5, 5.41) is 9.19. The number of nitrogens with one attached hydrogen (secondary N) is 1. The summed E-state index contributed by atoms with van der Waals surface area (Å²) in [7, 11) is -2.14. The van der Waals surface area contributed by atoms with Gasteiger partial charge in [-0.15, -0.1) is 0 Å². The van der Waals surface area contributed by atoms with Gasteiger partial charge in [0.1, 0.15) is 10.4 Å². The Balaban J connectivity index is 3.17. The van der Waals surface area contributed by atoms with Crippen molar-refractivity contribution >= 4 is 47.7 Å². The van der Waals surface area contributed by atoms with Crippen LogP contribution in [-0.4, -0.2) is 21.8 Å². The predicted octanol–water partition coefficient (Wildman–Crippen LogP) is 1.27. The van der Waals surface area contributed by atoms with Crippen LogP contribution in [0.25, 0.3) is 0 Å². The molecule has 1 heterocycles. The van der Waals surface area contributed by atoms with E-state index in [4.69, 9.17) is 39.7 Å². The summed E-state index contributed by atoms with van der Waals surface area (Å²) in [5.74, 6) is -1.18. The van der Waals surface area contributed by atoms with Gasteiger partial charge < -0.3 is 10.1 Å². The Morgan fingerprint density at radius 3 is 2.64 bits per heavy atom. The highest BCUT2D eigenvalue weighted by atomic mass is 33.1. The first-order chi connectivity index (χ1) is 6.42. The van der Waals surface area contributed by atoms with Gasteiger partial charge in [0.15, 0.2) is 0 Å². The lowest BCUT2D eigenvalue weighted by atomic mass is 10.5. The second-order valence-electron chi connectivity index (χ2n) is 2.53. The zero-order valence-corrected chi connectivity index (χ0v) is 10.2. The second kappa shape index (κ2) is 4.43. The van der Waals surface area contributed by atoms with Crippen LogP contribution in [0.5, 0.6) is 0 Å². The number of carboxylic acids is 1. The first kappa shape index (κ1) is 11.7. The van der Waals surface area contributed by atoms with E-state index in [1.54, 1.807) is 18.2 Å². The maximum Gasteiger partial charge on any atom is 0.314 e. The molecule has 76 valence electrons. The molecule has 0 aromatic carbocycles. The van der Waals surface area contributed by atoms with Gasteiger partial charge in [-0.2, -0.15) is 0 Å².